The first-order valence-corrected chi connectivity index (χ1v) is 4.11. The first-order valence-electron chi connectivity index (χ1n) is 4.11. The summed E-state index contributed by atoms with van der Waals surface area (Å²) in [6.07, 6.45) is 0.844. The Morgan fingerprint density at radius 1 is 1.50 bits per heavy atom. The Morgan fingerprint density at radius 3 is 2.58 bits per heavy atom. The second-order valence-corrected chi connectivity index (χ2v) is 3.11. The van der Waals surface area contributed by atoms with E-state index in [-0.39, 0.29) is 17.7 Å². The highest BCUT2D eigenvalue weighted by molar-refractivity contribution is 5.95. The van der Waals surface area contributed by atoms with Crippen molar-refractivity contribution in [3.8, 4) is 0 Å². The molecule has 1 aliphatic heterocycles. The van der Waals surface area contributed by atoms with Gasteiger partial charge in [0.25, 0.3) is 0 Å². The van der Waals surface area contributed by atoms with Gasteiger partial charge < -0.3 is 5.32 Å². The first-order chi connectivity index (χ1) is 5.63. The molecule has 0 spiro atoms. The molecule has 0 aromatic carbocycles. The molecule has 1 N–H and O–H groups in total. The average molecular weight is 170 g/mol. The Morgan fingerprint density at radius 2 is 2.17 bits per heavy atom. The molecule has 4 heteroatoms. The van der Waals surface area contributed by atoms with Gasteiger partial charge in [0.05, 0.1) is 5.92 Å². The Labute approximate surface area is 71.9 Å². The van der Waals surface area contributed by atoms with Crippen LogP contribution in [0.5, 0.6) is 0 Å². The quantitative estimate of drug-likeness (QED) is 0.582. The van der Waals surface area contributed by atoms with E-state index in [0.29, 0.717) is 6.54 Å². The molecule has 0 aromatic rings. The number of carbonyl (C=O) groups excluding carboxylic acids is 2. The summed E-state index contributed by atoms with van der Waals surface area (Å²) in [4.78, 5) is 23.5. The van der Waals surface area contributed by atoms with Crippen molar-refractivity contribution < 1.29 is 9.59 Å². The van der Waals surface area contributed by atoms with Crippen LogP contribution < -0.4 is 5.32 Å². The van der Waals surface area contributed by atoms with E-state index in [2.05, 4.69) is 5.32 Å². The highest BCUT2D eigenvalue weighted by atomic mass is 16.2. The minimum absolute atomic E-state index is 0.00102. The summed E-state index contributed by atoms with van der Waals surface area (Å²) in [6.45, 7) is 2.99. The third kappa shape index (κ3) is 1.82. The van der Waals surface area contributed by atoms with Crippen molar-refractivity contribution >= 4 is 11.8 Å². The SMILES string of the molecule is CC(=O)N(C)C(=O)C1CCNC1. The fraction of sp³-hybridized carbons (Fsp3) is 0.750. The molecule has 1 fully saturated rings. The number of nitrogens with zero attached hydrogens (tertiary/aromatic N) is 1. The van der Waals surface area contributed by atoms with Crippen molar-refractivity contribution in [1.82, 2.24) is 10.2 Å². The maximum atomic E-state index is 11.5. The molecule has 1 saturated heterocycles. The van der Waals surface area contributed by atoms with E-state index in [1.807, 2.05) is 0 Å². The number of rotatable bonds is 1. The summed E-state index contributed by atoms with van der Waals surface area (Å²) in [6, 6.07) is 0. The number of hydrogen-bond acceptors (Lipinski definition) is 3. The van der Waals surface area contributed by atoms with E-state index in [1.165, 1.54) is 18.9 Å². The van der Waals surface area contributed by atoms with Crippen molar-refractivity contribution in [2.75, 3.05) is 20.1 Å². The number of amides is 2. The summed E-state index contributed by atoms with van der Waals surface area (Å²) in [5.74, 6) is -0.252. The lowest BCUT2D eigenvalue weighted by Crippen LogP contribution is -2.37. The molecule has 1 heterocycles. The van der Waals surface area contributed by atoms with Gasteiger partial charge in [-0.3, -0.25) is 14.5 Å². The molecule has 68 valence electrons. The van der Waals surface area contributed by atoms with E-state index in [4.69, 9.17) is 0 Å². The highest BCUT2D eigenvalue weighted by Gasteiger charge is 2.26. The summed E-state index contributed by atoms with van der Waals surface area (Å²) in [5, 5.41) is 3.09. The van der Waals surface area contributed by atoms with Gasteiger partial charge >= 0.3 is 0 Å². The van der Waals surface area contributed by atoms with Crippen molar-refractivity contribution in [2.45, 2.75) is 13.3 Å². The van der Waals surface area contributed by atoms with Crippen molar-refractivity contribution in [1.29, 1.82) is 0 Å². The Kier molecular flexibility index (Phi) is 2.81. The molecule has 0 aromatic heterocycles. The standard InChI is InChI=1S/C8H14N2O2/c1-6(11)10(2)8(12)7-3-4-9-5-7/h7,9H,3-5H2,1-2H3. The lowest BCUT2D eigenvalue weighted by molar-refractivity contribution is -0.144. The van der Waals surface area contributed by atoms with Gasteiger partial charge in [-0.15, -0.1) is 0 Å². The molecule has 0 bridgehead atoms. The van der Waals surface area contributed by atoms with Crippen molar-refractivity contribution in [2.24, 2.45) is 5.92 Å². The Hall–Kier alpha value is -0.900. The molecule has 1 atom stereocenters. The average Bonchev–Trinajstić information content (AvgIpc) is 2.53. The molecule has 1 unspecified atom stereocenters. The van der Waals surface area contributed by atoms with Gasteiger partial charge in [0, 0.05) is 20.5 Å². The predicted octanol–water partition coefficient (Wildman–Crippen LogP) is -0.399. The van der Waals surface area contributed by atoms with Gasteiger partial charge in [0.2, 0.25) is 11.8 Å². The molecule has 1 aliphatic rings. The zero-order valence-corrected chi connectivity index (χ0v) is 7.46. The number of imide groups is 1. The molecule has 12 heavy (non-hydrogen) atoms. The maximum absolute atomic E-state index is 11.5. The minimum atomic E-state index is -0.188. The predicted molar refractivity (Wildman–Crippen MR) is 44.4 cm³/mol. The van der Waals surface area contributed by atoms with Gasteiger partial charge in [-0.25, -0.2) is 0 Å². The third-order valence-corrected chi connectivity index (χ3v) is 2.21. The van der Waals surface area contributed by atoms with Crippen LogP contribution in [0.3, 0.4) is 0 Å². The molecule has 1 rings (SSSR count). The molecule has 0 radical (unpaired) electrons. The lowest BCUT2D eigenvalue weighted by Gasteiger charge is -2.16. The second-order valence-electron chi connectivity index (χ2n) is 3.11. The van der Waals surface area contributed by atoms with Crippen LogP contribution in [0.4, 0.5) is 0 Å². The van der Waals surface area contributed by atoms with Crippen molar-refractivity contribution in [3.05, 3.63) is 0 Å². The first kappa shape index (κ1) is 9.19. The fourth-order valence-corrected chi connectivity index (χ4v) is 1.29. The zero-order valence-electron chi connectivity index (χ0n) is 7.46. The minimum Gasteiger partial charge on any atom is -0.316 e. The molecule has 0 saturated carbocycles. The van der Waals surface area contributed by atoms with Crippen LogP contribution in [0.2, 0.25) is 0 Å². The summed E-state index contributed by atoms with van der Waals surface area (Å²) in [5.41, 5.74) is 0. The maximum Gasteiger partial charge on any atom is 0.233 e. The molecule has 4 nitrogen and oxygen atoms in total. The Balaban J connectivity index is 2.51. The largest absolute Gasteiger partial charge is 0.316 e. The second kappa shape index (κ2) is 3.67. The molecule has 2 amide bonds. The van der Waals surface area contributed by atoms with Gasteiger partial charge in [0.1, 0.15) is 0 Å². The zero-order chi connectivity index (χ0) is 9.14. The summed E-state index contributed by atoms with van der Waals surface area (Å²) < 4.78 is 0. The van der Waals surface area contributed by atoms with E-state index < -0.39 is 0 Å². The van der Waals surface area contributed by atoms with Crippen LogP contribution in [0.1, 0.15) is 13.3 Å². The van der Waals surface area contributed by atoms with Crippen LogP contribution in [-0.4, -0.2) is 36.9 Å². The number of hydrogen-bond donors (Lipinski definition) is 1. The van der Waals surface area contributed by atoms with E-state index in [1.54, 1.807) is 0 Å². The Bertz CT molecular complexity index is 197. The summed E-state index contributed by atoms with van der Waals surface area (Å²) >= 11 is 0. The van der Waals surface area contributed by atoms with Gasteiger partial charge in [-0.05, 0) is 13.0 Å². The van der Waals surface area contributed by atoms with Crippen LogP contribution in [-0.2, 0) is 9.59 Å². The van der Waals surface area contributed by atoms with Gasteiger partial charge in [-0.1, -0.05) is 0 Å². The molecular weight excluding hydrogens is 156 g/mol. The normalized spacial score (nSPS) is 22.3. The van der Waals surface area contributed by atoms with Crippen LogP contribution in [0.15, 0.2) is 0 Å². The van der Waals surface area contributed by atoms with Crippen LogP contribution in [0, 0.1) is 5.92 Å². The summed E-state index contributed by atoms with van der Waals surface area (Å²) in [7, 11) is 1.53. The fourth-order valence-electron chi connectivity index (χ4n) is 1.29. The smallest absolute Gasteiger partial charge is 0.233 e. The third-order valence-electron chi connectivity index (χ3n) is 2.21. The van der Waals surface area contributed by atoms with Crippen molar-refractivity contribution in [3.63, 3.8) is 0 Å². The van der Waals surface area contributed by atoms with Gasteiger partial charge in [-0.2, -0.15) is 0 Å². The molecule has 0 aliphatic carbocycles. The van der Waals surface area contributed by atoms with Crippen LogP contribution >= 0.6 is 0 Å². The number of carbonyl (C=O) groups is 2. The van der Waals surface area contributed by atoms with E-state index in [0.717, 1.165) is 13.0 Å². The lowest BCUT2D eigenvalue weighted by atomic mass is 10.1. The number of nitrogens with one attached hydrogen (secondary N) is 1. The van der Waals surface area contributed by atoms with Gasteiger partial charge in [0.15, 0.2) is 0 Å². The highest BCUT2D eigenvalue weighted by Crippen LogP contribution is 2.10. The van der Waals surface area contributed by atoms with E-state index >= 15 is 0 Å². The topological polar surface area (TPSA) is 49.4 Å². The van der Waals surface area contributed by atoms with E-state index in [9.17, 15) is 9.59 Å². The monoisotopic (exact) mass is 170 g/mol. The van der Waals surface area contributed by atoms with Crippen LogP contribution in [0.25, 0.3) is 0 Å². The molecular formula is C8H14N2O2.